The molecule has 1 heterocycles. The molecule has 0 spiro atoms. The molecule has 0 aliphatic carbocycles. The third kappa shape index (κ3) is 1.22. The molecule has 72 valence electrons. The first-order valence-electron chi connectivity index (χ1n) is 4.08. The normalized spacial score (nSPS) is 10.4. The molecular formula is C9H8FN3O. The van der Waals surface area contributed by atoms with Gasteiger partial charge in [-0.3, -0.25) is 9.78 Å². The number of benzene rings is 1. The molecule has 0 saturated heterocycles. The second-order valence-electron chi connectivity index (χ2n) is 2.80. The van der Waals surface area contributed by atoms with Crippen LogP contribution in [0.3, 0.4) is 0 Å². The highest BCUT2D eigenvalue weighted by molar-refractivity contribution is 5.78. The Labute approximate surface area is 78.8 Å². The molecule has 2 rings (SSSR count). The van der Waals surface area contributed by atoms with Crippen molar-refractivity contribution in [1.29, 1.82) is 0 Å². The third-order valence-electron chi connectivity index (χ3n) is 1.92. The van der Waals surface area contributed by atoms with Gasteiger partial charge in [-0.25, -0.2) is 9.37 Å². The maximum absolute atomic E-state index is 13.2. The van der Waals surface area contributed by atoms with Crippen LogP contribution in [0.5, 0.6) is 0 Å². The van der Waals surface area contributed by atoms with Crippen LogP contribution in [0.2, 0.25) is 0 Å². The van der Waals surface area contributed by atoms with Gasteiger partial charge >= 0.3 is 0 Å². The molecule has 0 aliphatic rings. The van der Waals surface area contributed by atoms with Gasteiger partial charge in [0.1, 0.15) is 11.2 Å². The molecule has 1 aromatic heterocycles. The molecule has 0 amide bonds. The van der Waals surface area contributed by atoms with E-state index >= 15 is 0 Å². The van der Waals surface area contributed by atoms with E-state index in [4.69, 9.17) is 0 Å². The second-order valence-corrected chi connectivity index (χ2v) is 2.80. The molecule has 0 unspecified atom stereocenters. The summed E-state index contributed by atoms with van der Waals surface area (Å²) >= 11 is 0. The van der Waals surface area contributed by atoms with Gasteiger partial charge in [-0.15, -0.1) is 0 Å². The summed E-state index contributed by atoms with van der Waals surface area (Å²) in [6, 6.07) is 4.34. The van der Waals surface area contributed by atoms with Crippen molar-refractivity contribution in [3.63, 3.8) is 0 Å². The lowest BCUT2D eigenvalue weighted by Gasteiger charge is -2.01. The number of H-pyrrole nitrogens is 1. The van der Waals surface area contributed by atoms with Crippen LogP contribution in [0.25, 0.3) is 10.9 Å². The van der Waals surface area contributed by atoms with Crippen LogP contribution in [0.1, 0.15) is 0 Å². The quantitative estimate of drug-likeness (QED) is 0.713. The highest BCUT2D eigenvalue weighted by Crippen LogP contribution is 2.11. The standard InChI is InChI=1S/C9H8FN3O/c1-11-9-12-6-4-2-3-5(10)7(6)8(14)13-9/h2-4H,1H3,(H2,11,12,13,14). The van der Waals surface area contributed by atoms with E-state index in [9.17, 15) is 9.18 Å². The van der Waals surface area contributed by atoms with E-state index in [1.165, 1.54) is 12.1 Å². The predicted molar refractivity (Wildman–Crippen MR) is 51.9 cm³/mol. The summed E-state index contributed by atoms with van der Waals surface area (Å²) in [7, 11) is 1.63. The lowest BCUT2D eigenvalue weighted by atomic mass is 10.2. The number of hydrogen-bond donors (Lipinski definition) is 2. The minimum atomic E-state index is -0.557. The minimum absolute atomic E-state index is 0.00787. The van der Waals surface area contributed by atoms with Crippen molar-refractivity contribution in [3.05, 3.63) is 34.4 Å². The SMILES string of the molecule is CNc1nc2cccc(F)c2c(=O)[nH]1. The van der Waals surface area contributed by atoms with E-state index in [-0.39, 0.29) is 5.39 Å². The molecule has 2 N–H and O–H groups in total. The molecule has 0 atom stereocenters. The molecule has 0 fully saturated rings. The summed E-state index contributed by atoms with van der Waals surface area (Å²) < 4.78 is 13.2. The fraction of sp³-hybridized carbons (Fsp3) is 0.111. The summed E-state index contributed by atoms with van der Waals surface area (Å²) in [5.41, 5.74) is -0.129. The van der Waals surface area contributed by atoms with E-state index in [1.807, 2.05) is 0 Å². The number of rotatable bonds is 1. The first-order chi connectivity index (χ1) is 6.72. The molecular weight excluding hydrogens is 185 g/mol. The Morgan fingerprint density at radius 3 is 3.00 bits per heavy atom. The molecule has 0 radical (unpaired) electrons. The first-order valence-corrected chi connectivity index (χ1v) is 4.08. The Hall–Kier alpha value is -1.91. The first kappa shape index (κ1) is 8.68. The Kier molecular flexibility index (Phi) is 1.92. The van der Waals surface area contributed by atoms with Crippen LogP contribution in [0.15, 0.2) is 23.0 Å². The van der Waals surface area contributed by atoms with Crippen molar-refractivity contribution in [3.8, 4) is 0 Å². The predicted octanol–water partition coefficient (Wildman–Crippen LogP) is 1.10. The van der Waals surface area contributed by atoms with Crippen molar-refractivity contribution in [2.24, 2.45) is 0 Å². The minimum Gasteiger partial charge on any atom is -0.359 e. The Bertz CT molecular complexity index is 535. The average Bonchev–Trinajstić information content (AvgIpc) is 2.17. The number of aromatic nitrogens is 2. The van der Waals surface area contributed by atoms with Crippen LogP contribution in [0.4, 0.5) is 10.3 Å². The number of fused-ring (bicyclic) bond motifs is 1. The van der Waals surface area contributed by atoms with Crippen LogP contribution < -0.4 is 10.9 Å². The Morgan fingerprint density at radius 2 is 2.29 bits per heavy atom. The third-order valence-corrected chi connectivity index (χ3v) is 1.92. The van der Waals surface area contributed by atoms with Gasteiger partial charge < -0.3 is 5.32 Å². The number of nitrogens with one attached hydrogen (secondary N) is 2. The van der Waals surface area contributed by atoms with Crippen LogP contribution in [0, 0.1) is 5.82 Å². The van der Waals surface area contributed by atoms with E-state index < -0.39 is 11.4 Å². The van der Waals surface area contributed by atoms with Crippen LogP contribution in [-0.4, -0.2) is 17.0 Å². The fourth-order valence-electron chi connectivity index (χ4n) is 1.27. The zero-order chi connectivity index (χ0) is 10.1. The maximum Gasteiger partial charge on any atom is 0.263 e. The lowest BCUT2D eigenvalue weighted by molar-refractivity contribution is 0.638. The van der Waals surface area contributed by atoms with Crippen molar-refractivity contribution in [2.75, 3.05) is 12.4 Å². The van der Waals surface area contributed by atoms with Crippen molar-refractivity contribution < 1.29 is 4.39 Å². The molecule has 2 aromatic rings. The smallest absolute Gasteiger partial charge is 0.263 e. The summed E-state index contributed by atoms with van der Waals surface area (Å²) in [5.74, 6) is -0.230. The summed E-state index contributed by atoms with van der Waals surface area (Å²) in [6.07, 6.45) is 0. The van der Waals surface area contributed by atoms with Gasteiger partial charge in [0.05, 0.1) is 5.52 Å². The molecule has 1 aromatic carbocycles. The molecule has 0 bridgehead atoms. The Morgan fingerprint density at radius 1 is 1.50 bits per heavy atom. The van der Waals surface area contributed by atoms with E-state index in [2.05, 4.69) is 15.3 Å². The highest BCUT2D eigenvalue weighted by Gasteiger charge is 2.06. The monoisotopic (exact) mass is 193 g/mol. The van der Waals surface area contributed by atoms with Gasteiger partial charge in [-0.1, -0.05) is 6.07 Å². The molecule has 4 nitrogen and oxygen atoms in total. The van der Waals surface area contributed by atoms with Crippen LogP contribution >= 0.6 is 0 Å². The number of anilines is 1. The zero-order valence-corrected chi connectivity index (χ0v) is 7.47. The molecule has 0 aliphatic heterocycles. The lowest BCUT2D eigenvalue weighted by Crippen LogP contribution is -2.12. The molecule has 5 heteroatoms. The molecule has 14 heavy (non-hydrogen) atoms. The van der Waals surface area contributed by atoms with Gasteiger partial charge in [0, 0.05) is 7.05 Å². The van der Waals surface area contributed by atoms with Gasteiger partial charge in [0.25, 0.3) is 5.56 Å². The maximum atomic E-state index is 13.2. The fourth-order valence-corrected chi connectivity index (χ4v) is 1.27. The van der Waals surface area contributed by atoms with E-state index in [1.54, 1.807) is 13.1 Å². The summed E-state index contributed by atoms with van der Waals surface area (Å²) in [6.45, 7) is 0. The summed E-state index contributed by atoms with van der Waals surface area (Å²) in [5, 5.41) is 2.68. The van der Waals surface area contributed by atoms with Gasteiger partial charge in [-0.05, 0) is 12.1 Å². The second kappa shape index (κ2) is 3.10. The van der Waals surface area contributed by atoms with Crippen molar-refractivity contribution in [2.45, 2.75) is 0 Å². The zero-order valence-electron chi connectivity index (χ0n) is 7.47. The number of halogens is 1. The average molecular weight is 193 g/mol. The van der Waals surface area contributed by atoms with E-state index in [0.717, 1.165) is 0 Å². The Balaban J connectivity index is 2.90. The van der Waals surface area contributed by atoms with Gasteiger partial charge in [-0.2, -0.15) is 0 Å². The largest absolute Gasteiger partial charge is 0.359 e. The molecule has 0 saturated carbocycles. The topological polar surface area (TPSA) is 57.8 Å². The van der Waals surface area contributed by atoms with Gasteiger partial charge in [0.2, 0.25) is 5.95 Å². The van der Waals surface area contributed by atoms with Crippen molar-refractivity contribution in [1.82, 2.24) is 9.97 Å². The van der Waals surface area contributed by atoms with Crippen LogP contribution in [-0.2, 0) is 0 Å². The number of nitrogens with zero attached hydrogens (tertiary/aromatic N) is 1. The highest BCUT2D eigenvalue weighted by atomic mass is 19.1. The number of aromatic amines is 1. The summed E-state index contributed by atoms with van der Waals surface area (Å²) in [4.78, 5) is 17.8. The van der Waals surface area contributed by atoms with Crippen molar-refractivity contribution >= 4 is 16.9 Å². The number of hydrogen-bond acceptors (Lipinski definition) is 3. The van der Waals surface area contributed by atoms with Gasteiger partial charge in [0.15, 0.2) is 0 Å². The van der Waals surface area contributed by atoms with E-state index in [0.29, 0.717) is 11.5 Å².